The highest BCUT2D eigenvalue weighted by Crippen LogP contribution is 2.18. The zero-order valence-electron chi connectivity index (χ0n) is 19.1. The number of nitrogens with zero attached hydrogens (tertiary/aromatic N) is 1. The number of carbonyl (C=O) groups is 1. The number of hydrogen-bond acceptors (Lipinski definition) is 7. The van der Waals surface area contributed by atoms with Gasteiger partial charge in [0.15, 0.2) is 6.10 Å². The number of carbonyl (C=O) groups excluding carboxylic acids is 1. The smallest absolute Gasteiger partial charge is 0.339 e. The van der Waals surface area contributed by atoms with E-state index in [2.05, 4.69) is 18.4 Å². The predicted molar refractivity (Wildman–Crippen MR) is 140 cm³/mol. The van der Waals surface area contributed by atoms with Crippen LogP contribution in [0.1, 0.15) is 22.8 Å². The Morgan fingerprint density at radius 1 is 1.21 bits per heavy atom. The van der Waals surface area contributed by atoms with Crippen molar-refractivity contribution in [3.63, 3.8) is 0 Å². The standard InChI is InChI=1S/C25H27NO5S3/c1-4-17-26(34(28,29)23-15-13-20(3)14-16-23)19-22(12-9-18-33-25(32)30-5-2)31-24(27)21-10-7-6-8-11-21/h4,6-8,10-11,13-16,22H,1,5,17-19H2,2-3H3. The lowest BCUT2D eigenvalue weighted by Gasteiger charge is -2.24. The van der Waals surface area contributed by atoms with Gasteiger partial charge in [-0.2, -0.15) is 4.31 Å². The molecule has 1 atom stereocenters. The summed E-state index contributed by atoms with van der Waals surface area (Å²) >= 11 is 6.31. The number of benzene rings is 2. The first-order valence-corrected chi connectivity index (χ1v) is 13.3. The van der Waals surface area contributed by atoms with Gasteiger partial charge in [0.05, 0.1) is 29.4 Å². The molecule has 34 heavy (non-hydrogen) atoms. The van der Waals surface area contributed by atoms with Gasteiger partial charge in [0, 0.05) is 6.54 Å². The quantitative estimate of drug-likeness (QED) is 0.199. The first kappa shape index (κ1) is 27.6. The first-order chi connectivity index (χ1) is 16.3. The Bertz CT molecular complexity index is 1140. The Balaban J connectivity index is 2.27. The average molecular weight is 518 g/mol. The van der Waals surface area contributed by atoms with E-state index in [9.17, 15) is 13.2 Å². The van der Waals surface area contributed by atoms with Gasteiger partial charge in [-0.3, -0.25) is 0 Å². The summed E-state index contributed by atoms with van der Waals surface area (Å²) in [5, 5.41) is 0. The fourth-order valence-corrected chi connectivity index (χ4v) is 4.93. The van der Waals surface area contributed by atoms with Crippen LogP contribution in [0.4, 0.5) is 0 Å². The fourth-order valence-electron chi connectivity index (χ4n) is 2.75. The molecule has 0 radical (unpaired) electrons. The molecule has 0 N–H and O–H groups in total. The molecule has 180 valence electrons. The minimum absolute atomic E-state index is 0.0282. The summed E-state index contributed by atoms with van der Waals surface area (Å²) in [6, 6.07) is 15.0. The molecule has 2 aromatic rings. The van der Waals surface area contributed by atoms with E-state index in [0.717, 1.165) is 5.56 Å². The van der Waals surface area contributed by atoms with E-state index in [1.165, 1.54) is 22.1 Å². The Kier molecular flexibility index (Phi) is 11.3. The molecule has 6 nitrogen and oxygen atoms in total. The summed E-state index contributed by atoms with van der Waals surface area (Å²) in [5.74, 6) is 5.48. The summed E-state index contributed by atoms with van der Waals surface area (Å²) in [6.45, 7) is 7.71. The molecule has 0 fully saturated rings. The second kappa shape index (κ2) is 13.9. The van der Waals surface area contributed by atoms with Crippen molar-refractivity contribution in [3.8, 4) is 11.8 Å². The van der Waals surface area contributed by atoms with Crippen molar-refractivity contribution < 1.29 is 22.7 Å². The second-order valence-corrected chi connectivity index (χ2v) is 10.5. The number of sulfonamides is 1. The normalized spacial score (nSPS) is 11.7. The zero-order chi connectivity index (χ0) is 25.0. The molecular weight excluding hydrogens is 490 g/mol. The van der Waals surface area contributed by atoms with Crippen LogP contribution in [0, 0.1) is 18.8 Å². The molecular formula is C25H27NO5S3. The Labute approximate surface area is 211 Å². The summed E-state index contributed by atoms with van der Waals surface area (Å²) in [6.07, 6.45) is 0.472. The number of hydrogen-bond donors (Lipinski definition) is 0. The van der Waals surface area contributed by atoms with Crippen LogP contribution >= 0.6 is 24.0 Å². The molecule has 0 bridgehead atoms. The van der Waals surface area contributed by atoms with Crippen LogP contribution in [-0.4, -0.2) is 54.6 Å². The van der Waals surface area contributed by atoms with E-state index in [1.54, 1.807) is 54.6 Å². The maximum Gasteiger partial charge on any atom is 0.339 e. The number of thiocarbonyl (C=S) groups is 1. The molecule has 2 aromatic carbocycles. The average Bonchev–Trinajstić information content (AvgIpc) is 2.82. The number of aryl methyl sites for hydroxylation is 1. The third-order valence-electron chi connectivity index (χ3n) is 4.41. The highest BCUT2D eigenvalue weighted by atomic mass is 32.2. The van der Waals surface area contributed by atoms with Crippen molar-refractivity contribution in [1.82, 2.24) is 4.31 Å². The third kappa shape index (κ3) is 8.61. The van der Waals surface area contributed by atoms with E-state index in [0.29, 0.717) is 22.3 Å². The summed E-state index contributed by atoms with van der Waals surface area (Å²) in [5.41, 5.74) is 1.29. The van der Waals surface area contributed by atoms with E-state index in [-0.39, 0.29) is 18.0 Å². The Morgan fingerprint density at radius 2 is 1.88 bits per heavy atom. The molecule has 0 aliphatic heterocycles. The van der Waals surface area contributed by atoms with Crippen LogP contribution in [0.2, 0.25) is 0 Å². The molecule has 2 rings (SSSR count). The maximum absolute atomic E-state index is 13.3. The van der Waals surface area contributed by atoms with Crippen LogP contribution < -0.4 is 0 Å². The minimum Gasteiger partial charge on any atom is -0.479 e. The van der Waals surface area contributed by atoms with Crippen LogP contribution in [0.3, 0.4) is 0 Å². The lowest BCUT2D eigenvalue weighted by Crippen LogP contribution is -2.39. The molecule has 0 amide bonds. The van der Waals surface area contributed by atoms with Crippen molar-refractivity contribution in [2.45, 2.75) is 24.8 Å². The predicted octanol–water partition coefficient (Wildman–Crippen LogP) is 4.46. The van der Waals surface area contributed by atoms with Crippen LogP contribution in [-0.2, 0) is 19.5 Å². The summed E-state index contributed by atoms with van der Waals surface area (Å²) in [4.78, 5) is 12.8. The van der Waals surface area contributed by atoms with Crippen LogP contribution in [0.5, 0.6) is 0 Å². The molecule has 0 spiro atoms. The summed E-state index contributed by atoms with van der Waals surface area (Å²) in [7, 11) is -3.87. The number of thioether (sulfide) groups is 1. The van der Waals surface area contributed by atoms with Crippen molar-refractivity contribution in [1.29, 1.82) is 0 Å². The molecule has 0 aliphatic carbocycles. The van der Waals surface area contributed by atoms with Crippen molar-refractivity contribution >= 4 is 44.4 Å². The second-order valence-electron chi connectivity index (χ2n) is 6.98. The van der Waals surface area contributed by atoms with Gasteiger partial charge >= 0.3 is 5.97 Å². The third-order valence-corrected chi connectivity index (χ3v) is 7.37. The molecule has 0 heterocycles. The van der Waals surface area contributed by atoms with Gasteiger partial charge in [0.25, 0.3) is 0 Å². The van der Waals surface area contributed by atoms with Gasteiger partial charge in [-0.25, -0.2) is 13.2 Å². The number of rotatable bonds is 10. The van der Waals surface area contributed by atoms with Gasteiger partial charge < -0.3 is 9.47 Å². The van der Waals surface area contributed by atoms with E-state index < -0.39 is 22.1 Å². The molecule has 9 heteroatoms. The first-order valence-electron chi connectivity index (χ1n) is 10.5. The maximum atomic E-state index is 13.3. The number of esters is 1. The number of ether oxygens (including phenoxy) is 2. The molecule has 0 aromatic heterocycles. The lowest BCUT2D eigenvalue weighted by molar-refractivity contribution is 0.0383. The van der Waals surface area contributed by atoms with Crippen LogP contribution in [0.25, 0.3) is 0 Å². The molecule has 1 unspecified atom stereocenters. The van der Waals surface area contributed by atoms with Crippen molar-refractivity contribution in [2.75, 3.05) is 25.4 Å². The highest BCUT2D eigenvalue weighted by Gasteiger charge is 2.27. The largest absolute Gasteiger partial charge is 0.479 e. The molecule has 0 saturated heterocycles. The zero-order valence-corrected chi connectivity index (χ0v) is 21.5. The SMILES string of the molecule is C=CCN(CC(C#CCSC(=S)OCC)OC(=O)c1ccccc1)S(=O)(=O)c1ccc(C)cc1. The van der Waals surface area contributed by atoms with E-state index in [4.69, 9.17) is 21.7 Å². The van der Waals surface area contributed by atoms with Gasteiger partial charge in [0.2, 0.25) is 14.4 Å². The molecule has 0 aliphatic rings. The van der Waals surface area contributed by atoms with E-state index >= 15 is 0 Å². The van der Waals surface area contributed by atoms with Gasteiger partial charge in [-0.05, 0) is 50.3 Å². The minimum atomic E-state index is -3.87. The monoisotopic (exact) mass is 517 g/mol. The van der Waals surface area contributed by atoms with Crippen molar-refractivity contribution in [3.05, 3.63) is 78.4 Å². The fraction of sp³-hybridized carbons (Fsp3) is 0.280. The topological polar surface area (TPSA) is 72.9 Å². The van der Waals surface area contributed by atoms with Gasteiger partial charge in [-0.15, -0.1) is 6.58 Å². The Morgan fingerprint density at radius 3 is 2.50 bits per heavy atom. The van der Waals surface area contributed by atoms with E-state index in [1.807, 2.05) is 13.8 Å². The van der Waals surface area contributed by atoms with Crippen molar-refractivity contribution in [2.24, 2.45) is 0 Å². The molecule has 0 saturated carbocycles. The van der Waals surface area contributed by atoms with Gasteiger partial charge in [0.1, 0.15) is 0 Å². The van der Waals surface area contributed by atoms with Gasteiger partial charge in [-0.1, -0.05) is 65.6 Å². The Hall–Kier alpha value is -2.64. The lowest BCUT2D eigenvalue weighted by atomic mass is 10.2. The highest BCUT2D eigenvalue weighted by molar-refractivity contribution is 8.22. The van der Waals surface area contributed by atoms with Crippen LogP contribution in [0.15, 0.2) is 72.1 Å². The summed E-state index contributed by atoms with van der Waals surface area (Å²) < 4.78 is 38.9.